The third-order valence-corrected chi connectivity index (χ3v) is 9.07. The van der Waals surface area contributed by atoms with E-state index >= 15 is 0 Å². The van der Waals surface area contributed by atoms with E-state index in [0.29, 0.717) is 37.3 Å². The van der Waals surface area contributed by atoms with Crippen molar-refractivity contribution in [2.24, 2.45) is 11.8 Å². The van der Waals surface area contributed by atoms with Gasteiger partial charge in [-0.25, -0.2) is 0 Å². The van der Waals surface area contributed by atoms with E-state index in [9.17, 15) is 9.59 Å². The molecule has 1 N–H and O–H groups in total. The molecule has 5 heterocycles. The van der Waals surface area contributed by atoms with Crippen LogP contribution in [-0.2, 0) is 19.7 Å². The predicted octanol–water partition coefficient (Wildman–Crippen LogP) is 2.83. The number of ether oxygens (including phenoxy) is 1. The van der Waals surface area contributed by atoms with Crippen molar-refractivity contribution < 1.29 is 14.3 Å². The van der Waals surface area contributed by atoms with E-state index in [2.05, 4.69) is 33.3 Å². The summed E-state index contributed by atoms with van der Waals surface area (Å²) in [7, 11) is 0. The molecule has 31 heavy (non-hydrogen) atoms. The van der Waals surface area contributed by atoms with Crippen molar-refractivity contribution in [1.29, 1.82) is 0 Å². The SMILES string of the molecule is CCCC(=O)Nc1ccc2c(c1)C13CCN4CC5=CCO[C@H]6CC(=O)N2[C@H]1[C@H]6[C@H]5C[C@H]43. The summed E-state index contributed by atoms with van der Waals surface area (Å²) in [6.07, 6.45) is 6.43. The molecule has 1 spiro atoms. The highest BCUT2D eigenvalue weighted by atomic mass is 16.5. The summed E-state index contributed by atoms with van der Waals surface area (Å²) in [4.78, 5) is 30.5. The van der Waals surface area contributed by atoms with E-state index in [1.54, 1.807) is 0 Å². The molecule has 1 aliphatic carbocycles. The first-order valence-corrected chi connectivity index (χ1v) is 11.9. The zero-order chi connectivity index (χ0) is 20.9. The number of fused-ring (bicyclic) bond motifs is 2. The van der Waals surface area contributed by atoms with Gasteiger partial charge in [0.15, 0.2) is 0 Å². The largest absolute Gasteiger partial charge is 0.373 e. The maximum Gasteiger partial charge on any atom is 0.229 e. The normalized spacial score (nSPS) is 39.1. The number of anilines is 2. The molecule has 2 bridgehead atoms. The van der Waals surface area contributed by atoms with Crippen LogP contribution in [0.2, 0.25) is 0 Å². The average molecular weight is 420 g/mol. The molecule has 6 nitrogen and oxygen atoms in total. The third-order valence-electron chi connectivity index (χ3n) is 9.07. The van der Waals surface area contributed by atoms with E-state index in [1.807, 2.05) is 13.0 Å². The second-order valence-electron chi connectivity index (χ2n) is 10.3. The Kier molecular flexibility index (Phi) is 3.68. The van der Waals surface area contributed by atoms with Gasteiger partial charge >= 0.3 is 0 Å². The Morgan fingerprint density at radius 2 is 2.26 bits per heavy atom. The quantitative estimate of drug-likeness (QED) is 0.766. The van der Waals surface area contributed by atoms with Gasteiger partial charge in [-0.2, -0.15) is 0 Å². The van der Waals surface area contributed by atoms with Gasteiger partial charge in [-0.15, -0.1) is 0 Å². The zero-order valence-electron chi connectivity index (χ0n) is 18.0. The van der Waals surface area contributed by atoms with Gasteiger partial charge in [-0.3, -0.25) is 14.5 Å². The number of benzene rings is 1. The van der Waals surface area contributed by atoms with Crippen molar-refractivity contribution in [1.82, 2.24) is 4.90 Å². The Labute approximate surface area is 182 Å². The molecule has 6 heteroatoms. The molecule has 6 aliphatic rings. The topological polar surface area (TPSA) is 61.9 Å². The van der Waals surface area contributed by atoms with Crippen molar-refractivity contribution in [3.63, 3.8) is 0 Å². The van der Waals surface area contributed by atoms with Crippen LogP contribution in [0, 0.1) is 11.8 Å². The van der Waals surface area contributed by atoms with Crippen LogP contribution in [0.3, 0.4) is 0 Å². The van der Waals surface area contributed by atoms with Gasteiger partial charge in [0.2, 0.25) is 11.8 Å². The zero-order valence-corrected chi connectivity index (χ0v) is 18.0. The number of carbonyl (C=O) groups is 2. The minimum atomic E-state index is -0.0461. The molecule has 1 aromatic carbocycles. The predicted molar refractivity (Wildman–Crippen MR) is 117 cm³/mol. The molecule has 0 radical (unpaired) electrons. The Balaban J connectivity index is 1.41. The molecule has 4 fully saturated rings. The highest BCUT2D eigenvalue weighted by molar-refractivity contribution is 6.00. The second-order valence-corrected chi connectivity index (χ2v) is 10.3. The number of nitrogens with zero attached hydrogens (tertiary/aromatic N) is 2. The molecule has 5 aliphatic heterocycles. The molecule has 1 unspecified atom stereocenters. The van der Waals surface area contributed by atoms with Gasteiger partial charge in [0, 0.05) is 41.7 Å². The molecule has 162 valence electrons. The second kappa shape index (κ2) is 6.20. The lowest BCUT2D eigenvalue weighted by Crippen LogP contribution is -2.69. The number of nitrogens with one attached hydrogen (secondary N) is 1. The van der Waals surface area contributed by atoms with Crippen LogP contribution < -0.4 is 10.2 Å². The lowest BCUT2D eigenvalue weighted by Gasteiger charge is -2.58. The maximum atomic E-state index is 13.5. The van der Waals surface area contributed by atoms with E-state index in [4.69, 9.17) is 4.74 Å². The number of hydrogen-bond donors (Lipinski definition) is 1. The number of piperidine rings is 2. The van der Waals surface area contributed by atoms with Crippen LogP contribution in [0.1, 0.15) is 44.6 Å². The number of rotatable bonds is 3. The lowest BCUT2D eigenvalue weighted by atomic mass is 9.53. The van der Waals surface area contributed by atoms with Crippen molar-refractivity contribution in [3.8, 4) is 0 Å². The first-order chi connectivity index (χ1) is 15.1. The fraction of sp³-hybridized carbons (Fsp3) is 0.600. The molecular formula is C25H29N3O3. The highest BCUT2D eigenvalue weighted by Gasteiger charge is 2.71. The van der Waals surface area contributed by atoms with Crippen molar-refractivity contribution in [3.05, 3.63) is 35.4 Å². The van der Waals surface area contributed by atoms with E-state index in [0.717, 1.165) is 37.3 Å². The fourth-order valence-electron chi connectivity index (χ4n) is 8.08. The first kappa shape index (κ1) is 18.4. The average Bonchev–Trinajstić information content (AvgIpc) is 3.21. The van der Waals surface area contributed by atoms with Gasteiger partial charge in [-0.05, 0) is 55.5 Å². The summed E-state index contributed by atoms with van der Waals surface area (Å²) in [5.74, 6) is 1.16. The summed E-state index contributed by atoms with van der Waals surface area (Å²) in [6, 6.07) is 6.89. The Hall–Kier alpha value is -2.18. The van der Waals surface area contributed by atoms with Crippen LogP contribution in [0.4, 0.5) is 11.4 Å². The Bertz CT molecular complexity index is 1030. The Morgan fingerprint density at radius 3 is 3.13 bits per heavy atom. The van der Waals surface area contributed by atoms with E-state index in [-0.39, 0.29) is 29.4 Å². The summed E-state index contributed by atoms with van der Waals surface area (Å²) in [5, 5.41) is 3.10. The van der Waals surface area contributed by atoms with Crippen LogP contribution in [0.5, 0.6) is 0 Å². The minimum absolute atomic E-state index is 0.0236. The molecule has 0 aromatic heterocycles. The molecule has 1 aromatic rings. The van der Waals surface area contributed by atoms with Gasteiger partial charge in [0.1, 0.15) is 0 Å². The fourth-order valence-corrected chi connectivity index (χ4v) is 8.08. The van der Waals surface area contributed by atoms with Gasteiger partial charge in [0.25, 0.3) is 0 Å². The summed E-state index contributed by atoms with van der Waals surface area (Å²) in [6.45, 7) is 4.79. The standard InChI is InChI=1S/C25H29N3O3/c1-2-3-21(29)26-15-4-5-18-17(10-15)25-7-8-27-13-14-6-9-31-19-12-22(30)28(18)24(25)23(19)16(14)11-20(25)27/h4-6,10,16,19-20,23-24H,2-3,7-9,11-13H2,1H3,(H,26,29)/t16-,19-,20-,23-,24-,25?/m0/s1. The highest BCUT2D eigenvalue weighted by Crippen LogP contribution is 2.65. The Morgan fingerprint density at radius 1 is 1.35 bits per heavy atom. The van der Waals surface area contributed by atoms with E-state index < -0.39 is 0 Å². The van der Waals surface area contributed by atoms with Gasteiger partial charge < -0.3 is 15.0 Å². The van der Waals surface area contributed by atoms with Crippen molar-refractivity contribution in [2.45, 2.75) is 62.6 Å². The van der Waals surface area contributed by atoms with Crippen LogP contribution in [-0.4, -0.2) is 54.6 Å². The van der Waals surface area contributed by atoms with Crippen LogP contribution in [0.15, 0.2) is 29.8 Å². The third kappa shape index (κ3) is 2.20. The molecule has 2 amide bonds. The molecule has 3 saturated heterocycles. The molecule has 1 saturated carbocycles. The van der Waals surface area contributed by atoms with Gasteiger partial charge in [-0.1, -0.05) is 18.6 Å². The summed E-state index contributed by atoms with van der Waals surface area (Å²) < 4.78 is 6.30. The summed E-state index contributed by atoms with van der Waals surface area (Å²) in [5.41, 5.74) is 4.71. The monoisotopic (exact) mass is 419 g/mol. The minimum Gasteiger partial charge on any atom is -0.373 e. The van der Waals surface area contributed by atoms with Crippen LogP contribution >= 0.6 is 0 Å². The molecule has 6 atom stereocenters. The number of hydrogen-bond acceptors (Lipinski definition) is 4. The van der Waals surface area contributed by atoms with Crippen molar-refractivity contribution in [2.75, 3.05) is 29.9 Å². The maximum absolute atomic E-state index is 13.5. The van der Waals surface area contributed by atoms with Gasteiger partial charge in [0.05, 0.1) is 25.2 Å². The number of carbonyl (C=O) groups excluding carboxylic acids is 2. The molecule has 7 rings (SSSR count). The first-order valence-electron chi connectivity index (χ1n) is 11.9. The van der Waals surface area contributed by atoms with E-state index in [1.165, 1.54) is 17.6 Å². The molecular weight excluding hydrogens is 390 g/mol. The smallest absolute Gasteiger partial charge is 0.229 e. The lowest BCUT2D eigenvalue weighted by molar-refractivity contribution is -0.132. The number of amides is 2. The summed E-state index contributed by atoms with van der Waals surface area (Å²) >= 11 is 0. The van der Waals surface area contributed by atoms with Crippen LogP contribution in [0.25, 0.3) is 0 Å². The van der Waals surface area contributed by atoms with Crippen molar-refractivity contribution >= 4 is 23.2 Å².